The van der Waals surface area contributed by atoms with Gasteiger partial charge in [0.25, 0.3) is 5.91 Å². The summed E-state index contributed by atoms with van der Waals surface area (Å²) in [5.41, 5.74) is 0. The second-order valence-corrected chi connectivity index (χ2v) is 5.24. The summed E-state index contributed by atoms with van der Waals surface area (Å²) in [5.74, 6) is 1.07. The SMILES string of the molecule is CCOC(=O)N1CCN(C(=O)COc2ccccc2OCC)CC1. The van der Waals surface area contributed by atoms with Crippen molar-refractivity contribution in [3.63, 3.8) is 0 Å². The molecule has 2 rings (SSSR count). The van der Waals surface area contributed by atoms with E-state index in [0.29, 0.717) is 50.9 Å². The monoisotopic (exact) mass is 336 g/mol. The smallest absolute Gasteiger partial charge is 0.409 e. The number of piperazine rings is 1. The van der Waals surface area contributed by atoms with Gasteiger partial charge in [-0.05, 0) is 26.0 Å². The predicted octanol–water partition coefficient (Wildman–Crippen LogP) is 1.76. The highest BCUT2D eigenvalue weighted by atomic mass is 16.6. The van der Waals surface area contributed by atoms with Crippen molar-refractivity contribution in [3.8, 4) is 11.5 Å². The lowest BCUT2D eigenvalue weighted by Crippen LogP contribution is -2.51. The standard InChI is InChI=1S/C17H24N2O5/c1-3-22-14-7-5-6-8-15(14)24-13-16(20)18-9-11-19(12-10-18)17(21)23-4-2/h5-8H,3-4,9-13H2,1-2H3. The van der Waals surface area contributed by atoms with E-state index in [1.807, 2.05) is 19.1 Å². The molecule has 1 fully saturated rings. The molecule has 0 spiro atoms. The molecule has 0 atom stereocenters. The third kappa shape index (κ3) is 4.78. The number of hydrogen-bond donors (Lipinski definition) is 0. The first-order chi connectivity index (χ1) is 11.7. The Morgan fingerprint density at radius 3 is 2.08 bits per heavy atom. The molecule has 7 nitrogen and oxygen atoms in total. The predicted molar refractivity (Wildman–Crippen MR) is 88.3 cm³/mol. The molecule has 0 N–H and O–H groups in total. The number of nitrogens with zero attached hydrogens (tertiary/aromatic N) is 2. The highest BCUT2D eigenvalue weighted by Crippen LogP contribution is 2.26. The minimum absolute atomic E-state index is 0.0521. The summed E-state index contributed by atoms with van der Waals surface area (Å²) in [7, 11) is 0. The van der Waals surface area contributed by atoms with E-state index >= 15 is 0 Å². The topological polar surface area (TPSA) is 68.3 Å². The largest absolute Gasteiger partial charge is 0.490 e. The summed E-state index contributed by atoms with van der Waals surface area (Å²) in [5, 5.41) is 0. The average Bonchev–Trinajstić information content (AvgIpc) is 2.61. The summed E-state index contributed by atoms with van der Waals surface area (Å²) in [6.45, 7) is 6.40. The van der Waals surface area contributed by atoms with Gasteiger partial charge >= 0.3 is 6.09 Å². The molecule has 24 heavy (non-hydrogen) atoms. The summed E-state index contributed by atoms with van der Waals surface area (Å²) >= 11 is 0. The van der Waals surface area contributed by atoms with Crippen LogP contribution in [0.4, 0.5) is 4.79 Å². The van der Waals surface area contributed by atoms with E-state index in [9.17, 15) is 9.59 Å². The molecule has 1 aromatic rings. The van der Waals surface area contributed by atoms with E-state index in [0.717, 1.165) is 0 Å². The Kier molecular flexibility index (Phi) is 6.72. The summed E-state index contributed by atoms with van der Waals surface area (Å²) in [6.07, 6.45) is -0.327. The Hall–Kier alpha value is -2.44. The zero-order valence-corrected chi connectivity index (χ0v) is 14.2. The van der Waals surface area contributed by atoms with Crippen LogP contribution in [0.5, 0.6) is 11.5 Å². The van der Waals surface area contributed by atoms with Crippen LogP contribution in [0.1, 0.15) is 13.8 Å². The fourth-order valence-electron chi connectivity index (χ4n) is 2.43. The molecule has 0 bridgehead atoms. The first-order valence-electron chi connectivity index (χ1n) is 8.19. The summed E-state index contributed by atoms with van der Waals surface area (Å²) in [6, 6.07) is 7.27. The van der Waals surface area contributed by atoms with Gasteiger partial charge in [-0.15, -0.1) is 0 Å². The lowest BCUT2D eigenvalue weighted by Gasteiger charge is -2.34. The highest BCUT2D eigenvalue weighted by Gasteiger charge is 2.25. The average molecular weight is 336 g/mol. The minimum atomic E-state index is -0.327. The number of benzene rings is 1. The normalized spacial score (nSPS) is 14.2. The zero-order valence-electron chi connectivity index (χ0n) is 14.2. The van der Waals surface area contributed by atoms with Crippen LogP contribution in [0.2, 0.25) is 0 Å². The molecule has 0 saturated carbocycles. The van der Waals surface area contributed by atoms with Gasteiger partial charge in [-0.3, -0.25) is 4.79 Å². The lowest BCUT2D eigenvalue weighted by molar-refractivity contribution is -0.135. The molecule has 132 valence electrons. The number of carbonyl (C=O) groups is 2. The van der Waals surface area contributed by atoms with Crippen molar-refractivity contribution in [1.82, 2.24) is 9.80 Å². The van der Waals surface area contributed by atoms with Gasteiger partial charge in [-0.25, -0.2) is 4.79 Å². The minimum Gasteiger partial charge on any atom is -0.490 e. The van der Waals surface area contributed by atoms with Crippen molar-refractivity contribution in [2.75, 3.05) is 46.0 Å². The van der Waals surface area contributed by atoms with E-state index in [2.05, 4.69) is 0 Å². The number of carbonyl (C=O) groups excluding carboxylic acids is 2. The van der Waals surface area contributed by atoms with Crippen molar-refractivity contribution in [1.29, 1.82) is 0 Å². The van der Waals surface area contributed by atoms with Crippen LogP contribution >= 0.6 is 0 Å². The Morgan fingerprint density at radius 2 is 1.50 bits per heavy atom. The van der Waals surface area contributed by atoms with E-state index in [1.54, 1.807) is 28.9 Å². The maximum absolute atomic E-state index is 12.3. The maximum atomic E-state index is 12.3. The zero-order chi connectivity index (χ0) is 17.4. The molecule has 7 heteroatoms. The Bertz CT molecular complexity index is 556. The van der Waals surface area contributed by atoms with Crippen LogP contribution in [0.3, 0.4) is 0 Å². The van der Waals surface area contributed by atoms with Gasteiger partial charge in [-0.1, -0.05) is 12.1 Å². The Labute approximate surface area is 142 Å². The van der Waals surface area contributed by atoms with Gasteiger partial charge in [0, 0.05) is 26.2 Å². The first-order valence-corrected chi connectivity index (χ1v) is 8.19. The lowest BCUT2D eigenvalue weighted by atomic mass is 10.3. The quantitative estimate of drug-likeness (QED) is 0.792. The molecule has 1 saturated heterocycles. The van der Waals surface area contributed by atoms with Crippen molar-refractivity contribution >= 4 is 12.0 Å². The number of para-hydroxylation sites is 2. The van der Waals surface area contributed by atoms with Crippen LogP contribution in [0.15, 0.2) is 24.3 Å². The molecule has 1 aliphatic heterocycles. The van der Waals surface area contributed by atoms with Crippen molar-refractivity contribution < 1.29 is 23.8 Å². The van der Waals surface area contributed by atoms with Crippen LogP contribution in [-0.4, -0.2) is 67.8 Å². The van der Waals surface area contributed by atoms with Gasteiger partial charge < -0.3 is 24.0 Å². The van der Waals surface area contributed by atoms with Gasteiger partial charge in [0.2, 0.25) is 0 Å². The summed E-state index contributed by atoms with van der Waals surface area (Å²) < 4.78 is 16.0. The third-order valence-corrected chi connectivity index (χ3v) is 3.66. The van der Waals surface area contributed by atoms with E-state index < -0.39 is 0 Å². The van der Waals surface area contributed by atoms with Crippen LogP contribution in [-0.2, 0) is 9.53 Å². The molecule has 1 heterocycles. The molecule has 0 aromatic heterocycles. The van der Waals surface area contributed by atoms with Crippen molar-refractivity contribution in [2.24, 2.45) is 0 Å². The van der Waals surface area contributed by atoms with E-state index in [1.165, 1.54) is 0 Å². The Morgan fingerprint density at radius 1 is 0.917 bits per heavy atom. The highest BCUT2D eigenvalue weighted by molar-refractivity contribution is 5.78. The molecular formula is C17H24N2O5. The van der Waals surface area contributed by atoms with E-state index in [-0.39, 0.29) is 18.6 Å². The van der Waals surface area contributed by atoms with Crippen molar-refractivity contribution in [2.45, 2.75) is 13.8 Å². The summed E-state index contributed by atoms with van der Waals surface area (Å²) in [4.78, 5) is 27.2. The number of amides is 2. The third-order valence-electron chi connectivity index (χ3n) is 3.66. The molecule has 0 radical (unpaired) electrons. The number of rotatable bonds is 6. The maximum Gasteiger partial charge on any atom is 0.409 e. The van der Waals surface area contributed by atoms with Gasteiger partial charge in [-0.2, -0.15) is 0 Å². The van der Waals surface area contributed by atoms with Gasteiger partial charge in [0.1, 0.15) is 0 Å². The number of hydrogen-bond acceptors (Lipinski definition) is 5. The van der Waals surface area contributed by atoms with Gasteiger partial charge in [0.05, 0.1) is 13.2 Å². The molecule has 0 unspecified atom stereocenters. The molecule has 1 aliphatic rings. The molecule has 2 amide bonds. The molecular weight excluding hydrogens is 312 g/mol. The van der Waals surface area contributed by atoms with Crippen LogP contribution < -0.4 is 9.47 Å². The van der Waals surface area contributed by atoms with Crippen molar-refractivity contribution in [3.05, 3.63) is 24.3 Å². The second kappa shape index (κ2) is 9.00. The van der Waals surface area contributed by atoms with Crippen LogP contribution in [0.25, 0.3) is 0 Å². The molecule has 0 aliphatic carbocycles. The Balaban J connectivity index is 1.81. The fraction of sp³-hybridized carbons (Fsp3) is 0.529. The van der Waals surface area contributed by atoms with Crippen LogP contribution in [0, 0.1) is 0 Å². The number of ether oxygens (including phenoxy) is 3. The fourth-order valence-corrected chi connectivity index (χ4v) is 2.43. The van der Waals surface area contributed by atoms with Gasteiger partial charge in [0.15, 0.2) is 18.1 Å². The molecule has 1 aromatic carbocycles. The first kappa shape index (κ1) is 17.9. The second-order valence-electron chi connectivity index (χ2n) is 5.24. The van der Waals surface area contributed by atoms with E-state index in [4.69, 9.17) is 14.2 Å².